The zero-order valence-electron chi connectivity index (χ0n) is 20.8. The van der Waals surface area contributed by atoms with Crippen molar-refractivity contribution in [3.05, 3.63) is 59.7 Å². The summed E-state index contributed by atoms with van der Waals surface area (Å²) in [5.41, 5.74) is 4.44. The Balaban J connectivity index is 1.59. The maximum atomic E-state index is 12.8. The van der Waals surface area contributed by atoms with Crippen LogP contribution in [0.25, 0.3) is 11.1 Å². The van der Waals surface area contributed by atoms with Gasteiger partial charge < -0.3 is 20.5 Å². The molecular formula is C28H36N2O5. The van der Waals surface area contributed by atoms with Gasteiger partial charge in [-0.3, -0.25) is 9.59 Å². The number of aliphatic carboxylic acids is 1. The molecule has 0 spiro atoms. The molecule has 3 N–H and O–H groups in total. The Kier molecular flexibility index (Phi) is 9.29. The Morgan fingerprint density at radius 2 is 1.49 bits per heavy atom. The summed E-state index contributed by atoms with van der Waals surface area (Å²) in [5, 5.41) is 14.6. The van der Waals surface area contributed by atoms with E-state index in [9.17, 15) is 14.4 Å². The van der Waals surface area contributed by atoms with Crippen LogP contribution in [0.5, 0.6) is 0 Å². The SMILES string of the molecule is CC(C)CCCC(C)NC(=O)C(CCC(=O)O)NC(=O)OCC1c2ccccc2-c2ccccc21. The Labute approximate surface area is 207 Å². The van der Waals surface area contributed by atoms with Crippen LogP contribution in [0.1, 0.15) is 69.9 Å². The Morgan fingerprint density at radius 3 is 2.06 bits per heavy atom. The summed E-state index contributed by atoms with van der Waals surface area (Å²) in [5.74, 6) is -0.921. The van der Waals surface area contributed by atoms with Crippen LogP contribution in [0.4, 0.5) is 4.79 Å². The summed E-state index contributed by atoms with van der Waals surface area (Å²) in [7, 11) is 0. The number of ether oxygens (including phenoxy) is 1. The van der Waals surface area contributed by atoms with Gasteiger partial charge in [0.2, 0.25) is 5.91 Å². The lowest BCUT2D eigenvalue weighted by Gasteiger charge is -2.22. The van der Waals surface area contributed by atoms with Gasteiger partial charge in [0.05, 0.1) is 0 Å². The second kappa shape index (κ2) is 12.4. The molecule has 0 bridgehead atoms. The maximum absolute atomic E-state index is 12.8. The number of hydrogen-bond acceptors (Lipinski definition) is 4. The Morgan fingerprint density at radius 1 is 0.886 bits per heavy atom. The van der Waals surface area contributed by atoms with Gasteiger partial charge in [0.15, 0.2) is 0 Å². The van der Waals surface area contributed by atoms with Crippen LogP contribution in [-0.2, 0) is 14.3 Å². The van der Waals surface area contributed by atoms with Gasteiger partial charge in [-0.15, -0.1) is 0 Å². The van der Waals surface area contributed by atoms with E-state index >= 15 is 0 Å². The molecule has 0 saturated heterocycles. The molecule has 3 rings (SSSR count). The molecule has 2 atom stereocenters. The van der Waals surface area contributed by atoms with Crippen molar-refractivity contribution in [2.45, 2.75) is 70.9 Å². The lowest BCUT2D eigenvalue weighted by atomic mass is 9.98. The minimum Gasteiger partial charge on any atom is -0.481 e. The summed E-state index contributed by atoms with van der Waals surface area (Å²) in [6.07, 6.45) is 1.90. The molecule has 188 valence electrons. The quantitative estimate of drug-likeness (QED) is 0.392. The molecule has 0 aliphatic heterocycles. The van der Waals surface area contributed by atoms with E-state index in [0.717, 1.165) is 41.5 Å². The van der Waals surface area contributed by atoms with Crippen LogP contribution in [0, 0.1) is 5.92 Å². The molecule has 2 unspecified atom stereocenters. The lowest BCUT2D eigenvalue weighted by molar-refractivity contribution is -0.137. The van der Waals surface area contributed by atoms with Crippen molar-refractivity contribution < 1.29 is 24.2 Å². The van der Waals surface area contributed by atoms with E-state index in [2.05, 4.69) is 36.6 Å². The number of rotatable bonds is 12. The molecule has 2 aromatic carbocycles. The highest BCUT2D eigenvalue weighted by molar-refractivity contribution is 5.86. The standard InChI is InChI=1S/C28H36N2O5/c1-18(2)9-8-10-19(3)29-27(33)25(15-16-26(31)32)30-28(34)35-17-24-22-13-6-4-11-20(22)21-12-5-7-14-23(21)24/h4-7,11-14,18-19,24-25H,8-10,15-17H2,1-3H3,(H,29,33)(H,30,34)(H,31,32). The molecule has 7 heteroatoms. The minimum absolute atomic E-state index is 0.00985. The second-order valence-electron chi connectivity index (χ2n) is 9.69. The monoisotopic (exact) mass is 480 g/mol. The van der Waals surface area contributed by atoms with Crippen molar-refractivity contribution in [3.8, 4) is 11.1 Å². The third-order valence-corrected chi connectivity index (χ3v) is 6.41. The van der Waals surface area contributed by atoms with Gasteiger partial charge in [0.25, 0.3) is 0 Å². The average Bonchev–Trinajstić information content (AvgIpc) is 3.13. The number of carboxylic acids is 1. The summed E-state index contributed by atoms with van der Waals surface area (Å²) in [6.45, 7) is 6.35. The van der Waals surface area contributed by atoms with Crippen molar-refractivity contribution >= 4 is 18.0 Å². The van der Waals surface area contributed by atoms with Crippen molar-refractivity contribution in [1.82, 2.24) is 10.6 Å². The highest BCUT2D eigenvalue weighted by atomic mass is 16.5. The lowest BCUT2D eigenvalue weighted by Crippen LogP contribution is -2.49. The van der Waals surface area contributed by atoms with Crippen LogP contribution in [0.15, 0.2) is 48.5 Å². The summed E-state index contributed by atoms with van der Waals surface area (Å²) >= 11 is 0. The van der Waals surface area contributed by atoms with E-state index in [0.29, 0.717) is 5.92 Å². The first-order valence-electron chi connectivity index (χ1n) is 12.4. The van der Waals surface area contributed by atoms with Crippen molar-refractivity contribution in [3.63, 3.8) is 0 Å². The molecule has 1 aliphatic rings. The summed E-state index contributed by atoms with van der Waals surface area (Å²) in [6, 6.07) is 15.0. The zero-order valence-corrected chi connectivity index (χ0v) is 20.8. The fraction of sp³-hybridized carbons (Fsp3) is 0.464. The first-order valence-corrected chi connectivity index (χ1v) is 12.4. The van der Waals surface area contributed by atoms with Crippen LogP contribution in [0.3, 0.4) is 0 Å². The van der Waals surface area contributed by atoms with Crippen LogP contribution < -0.4 is 10.6 Å². The maximum Gasteiger partial charge on any atom is 0.407 e. The number of carbonyl (C=O) groups is 3. The molecule has 1 aliphatic carbocycles. The number of fused-ring (bicyclic) bond motifs is 3. The number of alkyl carbamates (subject to hydrolysis) is 1. The van der Waals surface area contributed by atoms with E-state index in [-0.39, 0.29) is 31.4 Å². The Hall–Kier alpha value is -3.35. The number of carboxylic acid groups (broad SMARTS) is 1. The molecule has 2 amide bonds. The van der Waals surface area contributed by atoms with E-state index in [4.69, 9.17) is 9.84 Å². The molecule has 0 aromatic heterocycles. The van der Waals surface area contributed by atoms with Gasteiger partial charge in [0, 0.05) is 18.4 Å². The van der Waals surface area contributed by atoms with Crippen molar-refractivity contribution in [2.75, 3.05) is 6.61 Å². The molecule has 0 radical (unpaired) electrons. The van der Waals surface area contributed by atoms with Gasteiger partial charge in [-0.2, -0.15) is 0 Å². The van der Waals surface area contributed by atoms with E-state index in [1.165, 1.54) is 0 Å². The first-order chi connectivity index (χ1) is 16.8. The fourth-order valence-electron chi connectivity index (χ4n) is 4.57. The molecule has 0 saturated carbocycles. The largest absolute Gasteiger partial charge is 0.481 e. The van der Waals surface area contributed by atoms with Gasteiger partial charge in [-0.05, 0) is 47.9 Å². The average molecular weight is 481 g/mol. The number of carbonyl (C=O) groups excluding carboxylic acids is 2. The van der Waals surface area contributed by atoms with Crippen molar-refractivity contribution in [2.24, 2.45) is 5.92 Å². The van der Waals surface area contributed by atoms with Crippen LogP contribution in [-0.4, -0.2) is 41.8 Å². The van der Waals surface area contributed by atoms with Gasteiger partial charge in [0.1, 0.15) is 12.6 Å². The molecule has 35 heavy (non-hydrogen) atoms. The molecule has 7 nitrogen and oxygen atoms in total. The molecule has 0 fully saturated rings. The summed E-state index contributed by atoms with van der Waals surface area (Å²) in [4.78, 5) is 36.6. The fourth-order valence-corrected chi connectivity index (χ4v) is 4.57. The molecule has 2 aromatic rings. The summed E-state index contributed by atoms with van der Waals surface area (Å²) < 4.78 is 5.55. The van der Waals surface area contributed by atoms with E-state index < -0.39 is 24.0 Å². The van der Waals surface area contributed by atoms with Gasteiger partial charge in [-0.1, -0.05) is 75.2 Å². The van der Waals surface area contributed by atoms with E-state index in [1.54, 1.807) is 0 Å². The smallest absolute Gasteiger partial charge is 0.407 e. The van der Waals surface area contributed by atoms with Crippen LogP contribution in [0.2, 0.25) is 0 Å². The van der Waals surface area contributed by atoms with Gasteiger partial charge >= 0.3 is 12.1 Å². The Bertz CT molecular complexity index is 990. The number of benzene rings is 2. The number of nitrogens with one attached hydrogen (secondary N) is 2. The van der Waals surface area contributed by atoms with E-state index in [1.807, 2.05) is 43.3 Å². The zero-order chi connectivity index (χ0) is 25.4. The van der Waals surface area contributed by atoms with Crippen LogP contribution >= 0.6 is 0 Å². The first kappa shape index (κ1) is 26.3. The van der Waals surface area contributed by atoms with Crippen molar-refractivity contribution in [1.29, 1.82) is 0 Å². The normalized spacial score (nSPS) is 14.1. The number of hydrogen-bond donors (Lipinski definition) is 3. The highest BCUT2D eigenvalue weighted by Gasteiger charge is 2.30. The molecule has 0 heterocycles. The minimum atomic E-state index is -1.03. The molecular weight excluding hydrogens is 444 g/mol. The second-order valence-corrected chi connectivity index (χ2v) is 9.69. The third-order valence-electron chi connectivity index (χ3n) is 6.41. The van der Waals surface area contributed by atoms with Gasteiger partial charge in [-0.25, -0.2) is 4.79 Å². The highest BCUT2D eigenvalue weighted by Crippen LogP contribution is 2.44. The number of amides is 2. The predicted molar refractivity (Wildman–Crippen MR) is 135 cm³/mol. The predicted octanol–water partition coefficient (Wildman–Crippen LogP) is 5.09. The third kappa shape index (κ3) is 7.31. The topological polar surface area (TPSA) is 105 Å².